The molecule has 0 saturated carbocycles. The second kappa shape index (κ2) is 6.90. The lowest BCUT2D eigenvalue weighted by atomic mass is 9.90. The van der Waals surface area contributed by atoms with Gasteiger partial charge in [0, 0.05) is 24.7 Å². The van der Waals surface area contributed by atoms with Crippen molar-refractivity contribution in [2.45, 2.75) is 19.0 Å². The second-order valence-electron chi connectivity index (χ2n) is 6.39. The zero-order valence-electron chi connectivity index (χ0n) is 13.9. The summed E-state index contributed by atoms with van der Waals surface area (Å²) >= 11 is 5.91. The maximum Gasteiger partial charge on any atom is 0.312 e. The Labute approximate surface area is 155 Å². The smallest absolute Gasteiger partial charge is 0.312 e. The molecule has 0 aliphatic carbocycles. The van der Waals surface area contributed by atoms with Gasteiger partial charge in [0.15, 0.2) is 0 Å². The zero-order valence-corrected chi connectivity index (χ0v) is 14.7. The number of rotatable bonds is 4. The molecule has 1 aliphatic rings. The molecule has 7 heteroatoms. The van der Waals surface area contributed by atoms with Gasteiger partial charge in [-0.15, -0.1) is 5.10 Å². The van der Waals surface area contributed by atoms with Crippen LogP contribution in [0.15, 0.2) is 54.7 Å². The van der Waals surface area contributed by atoms with E-state index >= 15 is 0 Å². The lowest BCUT2D eigenvalue weighted by Crippen LogP contribution is -2.36. The number of aliphatic carboxylic acids is 1. The Balaban J connectivity index is 1.53. The van der Waals surface area contributed by atoms with Gasteiger partial charge in [0.2, 0.25) is 0 Å². The summed E-state index contributed by atoms with van der Waals surface area (Å²) in [5.41, 5.74) is 3.63. The summed E-state index contributed by atoms with van der Waals surface area (Å²) in [7, 11) is 0. The van der Waals surface area contributed by atoms with Gasteiger partial charge in [-0.05, 0) is 35.4 Å². The minimum absolute atomic E-state index is 0.458. The van der Waals surface area contributed by atoms with Crippen LogP contribution in [-0.4, -0.2) is 37.5 Å². The number of halogens is 1. The zero-order chi connectivity index (χ0) is 18.1. The SMILES string of the molecule is O=C(O)C1CN(Cc2cn(-c3ccc(Cl)cc3)nn2)Cc2ccccc21. The average Bonchev–Trinajstić information content (AvgIpc) is 3.10. The minimum Gasteiger partial charge on any atom is -0.481 e. The summed E-state index contributed by atoms with van der Waals surface area (Å²) < 4.78 is 1.69. The fourth-order valence-corrected chi connectivity index (χ4v) is 3.46. The van der Waals surface area contributed by atoms with Crippen LogP contribution < -0.4 is 0 Å². The van der Waals surface area contributed by atoms with Crippen LogP contribution >= 0.6 is 11.6 Å². The number of benzene rings is 2. The van der Waals surface area contributed by atoms with Crippen molar-refractivity contribution in [1.29, 1.82) is 0 Å². The Morgan fingerprint density at radius 2 is 1.96 bits per heavy atom. The Morgan fingerprint density at radius 1 is 1.19 bits per heavy atom. The fourth-order valence-electron chi connectivity index (χ4n) is 3.33. The molecule has 3 aromatic rings. The number of nitrogens with zero attached hydrogens (tertiary/aromatic N) is 4. The first kappa shape index (κ1) is 16.8. The number of carboxylic acids is 1. The van der Waals surface area contributed by atoms with Crippen molar-refractivity contribution < 1.29 is 9.90 Å². The Bertz CT molecular complexity index is 939. The van der Waals surface area contributed by atoms with E-state index in [1.54, 1.807) is 16.8 Å². The predicted molar refractivity (Wildman–Crippen MR) is 97.3 cm³/mol. The van der Waals surface area contributed by atoms with Crippen molar-refractivity contribution in [3.63, 3.8) is 0 Å². The lowest BCUT2D eigenvalue weighted by Gasteiger charge is -2.32. The molecule has 1 atom stereocenters. The molecule has 0 spiro atoms. The molecule has 0 fully saturated rings. The number of carboxylic acid groups (broad SMARTS) is 1. The molecule has 2 aromatic carbocycles. The quantitative estimate of drug-likeness (QED) is 0.766. The third kappa shape index (κ3) is 3.34. The molecule has 1 unspecified atom stereocenters. The highest BCUT2D eigenvalue weighted by Crippen LogP contribution is 2.29. The van der Waals surface area contributed by atoms with Gasteiger partial charge < -0.3 is 5.11 Å². The number of hydrogen-bond donors (Lipinski definition) is 1. The van der Waals surface area contributed by atoms with Crippen molar-refractivity contribution in [3.8, 4) is 5.69 Å². The molecule has 0 bridgehead atoms. The minimum atomic E-state index is -0.799. The van der Waals surface area contributed by atoms with Gasteiger partial charge in [0.05, 0.1) is 23.5 Å². The van der Waals surface area contributed by atoms with Crippen molar-refractivity contribution in [2.75, 3.05) is 6.54 Å². The van der Waals surface area contributed by atoms with Crippen LogP contribution in [-0.2, 0) is 17.9 Å². The molecule has 0 saturated heterocycles. The van der Waals surface area contributed by atoms with E-state index in [1.807, 2.05) is 42.6 Å². The number of carbonyl (C=O) groups is 1. The molecular formula is C19H17ClN4O2. The van der Waals surface area contributed by atoms with E-state index in [1.165, 1.54) is 0 Å². The molecule has 4 rings (SSSR count). The largest absolute Gasteiger partial charge is 0.481 e. The molecule has 0 amide bonds. The maximum absolute atomic E-state index is 11.7. The predicted octanol–water partition coefficient (Wildman–Crippen LogP) is 3.10. The van der Waals surface area contributed by atoms with Gasteiger partial charge in [-0.3, -0.25) is 9.69 Å². The third-order valence-electron chi connectivity index (χ3n) is 4.58. The standard InChI is InChI=1S/C19H17ClN4O2/c20-14-5-7-16(8-6-14)24-11-15(21-22-24)10-23-9-13-3-1-2-4-17(13)18(12-23)19(25)26/h1-8,11,18H,9-10,12H2,(H,25,26). The van der Waals surface area contributed by atoms with Crippen LogP contribution in [0.3, 0.4) is 0 Å². The van der Waals surface area contributed by atoms with Gasteiger partial charge in [0.25, 0.3) is 0 Å². The van der Waals surface area contributed by atoms with Crippen LogP contribution in [0.5, 0.6) is 0 Å². The molecule has 132 valence electrons. The van der Waals surface area contributed by atoms with Gasteiger partial charge >= 0.3 is 5.97 Å². The normalized spacial score (nSPS) is 17.0. The Kier molecular flexibility index (Phi) is 4.44. The molecule has 26 heavy (non-hydrogen) atoms. The van der Waals surface area contributed by atoms with Crippen molar-refractivity contribution in [2.24, 2.45) is 0 Å². The highest BCUT2D eigenvalue weighted by atomic mass is 35.5. The first-order valence-electron chi connectivity index (χ1n) is 8.30. The van der Waals surface area contributed by atoms with E-state index < -0.39 is 11.9 Å². The van der Waals surface area contributed by atoms with Crippen molar-refractivity contribution in [1.82, 2.24) is 19.9 Å². The van der Waals surface area contributed by atoms with E-state index in [4.69, 9.17) is 11.6 Å². The van der Waals surface area contributed by atoms with Crippen LogP contribution in [0.1, 0.15) is 22.7 Å². The van der Waals surface area contributed by atoms with Crippen molar-refractivity contribution >= 4 is 17.6 Å². The summed E-state index contributed by atoms with van der Waals surface area (Å²) in [5, 5.41) is 18.6. The van der Waals surface area contributed by atoms with E-state index in [-0.39, 0.29) is 0 Å². The summed E-state index contributed by atoms with van der Waals surface area (Å²) in [6.07, 6.45) is 1.86. The molecule has 6 nitrogen and oxygen atoms in total. The van der Waals surface area contributed by atoms with Crippen molar-refractivity contribution in [3.05, 3.63) is 76.6 Å². The van der Waals surface area contributed by atoms with E-state index in [9.17, 15) is 9.90 Å². The van der Waals surface area contributed by atoms with Crippen LogP contribution in [0.2, 0.25) is 5.02 Å². The molecule has 0 radical (unpaired) electrons. The summed E-state index contributed by atoms with van der Waals surface area (Å²) in [6, 6.07) is 15.1. The van der Waals surface area contributed by atoms with E-state index in [2.05, 4.69) is 15.2 Å². The number of fused-ring (bicyclic) bond motifs is 1. The number of aromatic nitrogens is 3. The fraction of sp³-hybridized carbons (Fsp3) is 0.211. The third-order valence-corrected chi connectivity index (χ3v) is 4.83. The molecule has 1 N–H and O–H groups in total. The summed E-state index contributed by atoms with van der Waals surface area (Å²) in [4.78, 5) is 13.8. The highest BCUT2D eigenvalue weighted by molar-refractivity contribution is 6.30. The maximum atomic E-state index is 11.7. The molecule has 2 heterocycles. The molecular weight excluding hydrogens is 352 g/mol. The van der Waals surface area contributed by atoms with Gasteiger partial charge in [0.1, 0.15) is 0 Å². The first-order chi connectivity index (χ1) is 12.6. The topological polar surface area (TPSA) is 71.2 Å². The first-order valence-corrected chi connectivity index (χ1v) is 8.68. The van der Waals surface area contributed by atoms with Crippen LogP contribution in [0.4, 0.5) is 0 Å². The summed E-state index contributed by atoms with van der Waals surface area (Å²) in [6.45, 7) is 1.71. The van der Waals surface area contributed by atoms with Gasteiger partial charge in [-0.1, -0.05) is 41.1 Å². The lowest BCUT2D eigenvalue weighted by molar-refractivity contribution is -0.139. The average molecular weight is 369 g/mol. The number of hydrogen-bond acceptors (Lipinski definition) is 4. The van der Waals surface area contributed by atoms with Gasteiger partial charge in [-0.2, -0.15) is 0 Å². The molecule has 1 aromatic heterocycles. The van der Waals surface area contributed by atoms with Crippen LogP contribution in [0, 0.1) is 0 Å². The Hall–Kier alpha value is -2.70. The van der Waals surface area contributed by atoms with E-state index in [0.29, 0.717) is 24.7 Å². The summed E-state index contributed by atoms with van der Waals surface area (Å²) in [5.74, 6) is -1.32. The van der Waals surface area contributed by atoms with Crippen LogP contribution in [0.25, 0.3) is 5.69 Å². The molecule has 1 aliphatic heterocycles. The second-order valence-corrected chi connectivity index (χ2v) is 6.83. The van der Waals surface area contributed by atoms with Gasteiger partial charge in [-0.25, -0.2) is 4.68 Å². The van der Waals surface area contributed by atoms with E-state index in [0.717, 1.165) is 22.5 Å². The Morgan fingerprint density at radius 3 is 2.73 bits per heavy atom. The highest BCUT2D eigenvalue weighted by Gasteiger charge is 2.30. The monoisotopic (exact) mass is 368 g/mol.